The van der Waals surface area contributed by atoms with Gasteiger partial charge in [0.25, 0.3) is 5.56 Å². The minimum absolute atomic E-state index is 0.00764. The fourth-order valence-electron chi connectivity index (χ4n) is 3.25. The maximum atomic E-state index is 12.1. The molecule has 164 valence electrons. The zero-order valence-corrected chi connectivity index (χ0v) is 16.3. The molecule has 1 aromatic rings. The van der Waals surface area contributed by atoms with Gasteiger partial charge in [-0.1, -0.05) is 0 Å². The summed E-state index contributed by atoms with van der Waals surface area (Å²) in [5, 5.41) is 59.2. The lowest BCUT2D eigenvalue weighted by Crippen LogP contribution is -2.60. The summed E-state index contributed by atoms with van der Waals surface area (Å²) in [7, 11) is 0. The fraction of sp³-hybridized carbons (Fsp3) is 0.733. The Kier molecular flexibility index (Phi) is 6.89. The van der Waals surface area contributed by atoms with Gasteiger partial charge in [-0.25, -0.2) is 4.79 Å². The first kappa shape index (κ1) is 22.5. The normalized spacial score (nSPS) is 40.3. The maximum Gasteiger partial charge on any atom is 0.330 e. The molecule has 29 heavy (non-hydrogen) atoms. The van der Waals surface area contributed by atoms with Crippen molar-refractivity contribution in [3.63, 3.8) is 0 Å². The molecule has 7 N–H and O–H groups in total. The van der Waals surface area contributed by atoms with E-state index in [1.165, 1.54) is 0 Å². The molecule has 0 bridgehead atoms. The third kappa shape index (κ3) is 4.18. The molecule has 0 unspecified atom stereocenters. The predicted molar refractivity (Wildman–Crippen MR) is 94.7 cm³/mol. The Morgan fingerprint density at radius 2 is 1.66 bits per heavy atom. The summed E-state index contributed by atoms with van der Waals surface area (Å²) in [5.74, 6) is 0. The molecule has 14 heteroatoms. The molecule has 13 nitrogen and oxygen atoms in total. The van der Waals surface area contributed by atoms with Gasteiger partial charge < -0.3 is 44.8 Å². The maximum absolute atomic E-state index is 12.1. The number of rotatable bonds is 5. The third-order valence-electron chi connectivity index (χ3n) is 4.83. The Morgan fingerprint density at radius 1 is 1.00 bits per heavy atom. The quantitative estimate of drug-likeness (QED) is 0.213. The van der Waals surface area contributed by atoms with Gasteiger partial charge in [-0.15, -0.1) is 0 Å². The minimum Gasteiger partial charge on any atom is -0.394 e. The average Bonchev–Trinajstić information content (AvgIpc) is 3.00. The number of aromatic nitrogens is 2. The topological polar surface area (TPSA) is 204 Å². The molecule has 0 saturated carbocycles. The van der Waals surface area contributed by atoms with Crippen LogP contribution in [-0.2, 0) is 14.2 Å². The van der Waals surface area contributed by atoms with Crippen LogP contribution in [0.2, 0.25) is 0 Å². The number of hydrogen-bond acceptors (Lipinski definition) is 11. The number of hydrogen-bond donors (Lipinski definition) is 7. The van der Waals surface area contributed by atoms with Crippen LogP contribution in [0.4, 0.5) is 0 Å². The summed E-state index contributed by atoms with van der Waals surface area (Å²) < 4.78 is 17.1. The van der Waals surface area contributed by atoms with Crippen molar-refractivity contribution >= 4 is 15.9 Å². The molecule has 0 spiro atoms. The van der Waals surface area contributed by atoms with E-state index in [9.17, 15) is 40.2 Å². The van der Waals surface area contributed by atoms with E-state index in [4.69, 9.17) is 14.2 Å². The van der Waals surface area contributed by atoms with Crippen molar-refractivity contribution in [1.29, 1.82) is 0 Å². The lowest BCUT2D eigenvalue weighted by atomic mass is 9.99. The first-order chi connectivity index (χ1) is 13.7. The standard InChI is InChI=1S/C15H21BrN2O11/c16-4-1-18(15(26)17-12(4)25)13-10(24)11(6(3-20)27-13)29-14-9(23)8(22)7(21)5(2-19)28-14/h1,5-11,13-14,19-24H,2-3H2,(H,17,25,26)/t5-,6-,7+,8+,9-,10-,11-,13-,14+/m1/s1. The molecule has 0 aliphatic carbocycles. The van der Waals surface area contributed by atoms with Gasteiger partial charge in [0.05, 0.1) is 17.7 Å². The van der Waals surface area contributed by atoms with Crippen molar-refractivity contribution in [3.05, 3.63) is 31.5 Å². The van der Waals surface area contributed by atoms with Gasteiger partial charge >= 0.3 is 5.69 Å². The van der Waals surface area contributed by atoms with E-state index in [-0.39, 0.29) is 4.47 Å². The van der Waals surface area contributed by atoms with E-state index in [0.717, 1.165) is 10.8 Å². The van der Waals surface area contributed by atoms with Gasteiger partial charge in [0.15, 0.2) is 12.5 Å². The monoisotopic (exact) mass is 484 g/mol. The van der Waals surface area contributed by atoms with E-state index in [2.05, 4.69) is 15.9 Å². The molecule has 0 amide bonds. The zero-order valence-electron chi connectivity index (χ0n) is 14.7. The van der Waals surface area contributed by atoms with Gasteiger partial charge in [0, 0.05) is 6.20 Å². The molecule has 0 radical (unpaired) electrons. The molecule has 2 aliphatic heterocycles. The SMILES string of the molecule is O=c1[nH]c(=O)n([C@@H]2O[C@H](CO)[C@@H](O[C@@H]3O[C@H](CO)[C@H](O)[C@H](O)[C@H]3O)[C@H]2O)cc1Br. The summed E-state index contributed by atoms with van der Waals surface area (Å²) in [6.45, 7) is -1.32. The molecule has 3 rings (SSSR count). The second-order valence-corrected chi connectivity index (χ2v) is 7.53. The summed E-state index contributed by atoms with van der Waals surface area (Å²) in [6.07, 6.45) is -12.2. The van der Waals surface area contributed by atoms with Crippen molar-refractivity contribution in [2.75, 3.05) is 13.2 Å². The number of nitrogens with one attached hydrogen (secondary N) is 1. The van der Waals surface area contributed by atoms with Crippen LogP contribution < -0.4 is 11.2 Å². The van der Waals surface area contributed by atoms with E-state index in [1.54, 1.807) is 0 Å². The lowest BCUT2D eigenvalue weighted by molar-refractivity contribution is -0.318. The second kappa shape index (κ2) is 8.89. The number of ether oxygens (including phenoxy) is 3. The van der Waals surface area contributed by atoms with Gasteiger partial charge in [0.1, 0.15) is 42.7 Å². The highest BCUT2D eigenvalue weighted by atomic mass is 79.9. The summed E-state index contributed by atoms with van der Waals surface area (Å²) in [6, 6.07) is 0. The van der Waals surface area contributed by atoms with E-state index < -0.39 is 79.7 Å². The van der Waals surface area contributed by atoms with Crippen LogP contribution in [0.25, 0.3) is 0 Å². The predicted octanol–water partition coefficient (Wildman–Crippen LogP) is -4.27. The summed E-state index contributed by atoms with van der Waals surface area (Å²) >= 11 is 2.96. The molecule has 9 atom stereocenters. The van der Waals surface area contributed by atoms with Crippen molar-refractivity contribution in [3.8, 4) is 0 Å². The van der Waals surface area contributed by atoms with Crippen LogP contribution in [0.5, 0.6) is 0 Å². The fourth-order valence-corrected chi connectivity index (χ4v) is 3.57. The van der Waals surface area contributed by atoms with E-state index >= 15 is 0 Å². The Balaban J connectivity index is 1.83. The largest absolute Gasteiger partial charge is 0.394 e. The lowest BCUT2D eigenvalue weighted by Gasteiger charge is -2.41. The Hall–Kier alpha value is -1.20. The average molecular weight is 485 g/mol. The Labute approximate surface area is 170 Å². The van der Waals surface area contributed by atoms with Crippen LogP contribution in [0, 0.1) is 0 Å². The second-order valence-electron chi connectivity index (χ2n) is 6.68. The Bertz CT molecular complexity index is 829. The highest BCUT2D eigenvalue weighted by Crippen LogP contribution is 2.33. The molecule has 0 aromatic carbocycles. The zero-order chi connectivity index (χ0) is 21.5. The van der Waals surface area contributed by atoms with Crippen molar-refractivity contribution in [1.82, 2.24) is 9.55 Å². The van der Waals surface area contributed by atoms with Crippen molar-refractivity contribution in [2.24, 2.45) is 0 Å². The summed E-state index contributed by atoms with van der Waals surface area (Å²) in [5.41, 5.74) is -1.57. The highest BCUT2D eigenvalue weighted by Gasteiger charge is 2.51. The van der Waals surface area contributed by atoms with Crippen LogP contribution >= 0.6 is 15.9 Å². The molecular formula is C15H21BrN2O11. The minimum atomic E-state index is -1.73. The van der Waals surface area contributed by atoms with E-state index in [0.29, 0.717) is 0 Å². The highest BCUT2D eigenvalue weighted by molar-refractivity contribution is 9.10. The first-order valence-electron chi connectivity index (χ1n) is 8.61. The number of aliphatic hydroxyl groups excluding tert-OH is 6. The van der Waals surface area contributed by atoms with Crippen molar-refractivity contribution < 1.29 is 44.8 Å². The molecule has 2 aliphatic rings. The molecular weight excluding hydrogens is 464 g/mol. The van der Waals surface area contributed by atoms with Gasteiger partial charge in [0.2, 0.25) is 0 Å². The van der Waals surface area contributed by atoms with Gasteiger partial charge in [-0.2, -0.15) is 0 Å². The number of aromatic amines is 1. The smallest absolute Gasteiger partial charge is 0.330 e. The number of halogens is 1. The molecule has 1 aromatic heterocycles. The molecule has 2 saturated heterocycles. The first-order valence-corrected chi connectivity index (χ1v) is 9.40. The van der Waals surface area contributed by atoms with Gasteiger partial charge in [-0.05, 0) is 15.9 Å². The third-order valence-corrected chi connectivity index (χ3v) is 5.39. The molecule has 2 fully saturated rings. The summed E-state index contributed by atoms with van der Waals surface area (Å²) in [4.78, 5) is 25.6. The van der Waals surface area contributed by atoms with Crippen LogP contribution in [0.15, 0.2) is 20.3 Å². The van der Waals surface area contributed by atoms with Gasteiger partial charge in [-0.3, -0.25) is 14.3 Å². The van der Waals surface area contributed by atoms with E-state index in [1.807, 2.05) is 4.98 Å². The number of H-pyrrole nitrogens is 1. The van der Waals surface area contributed by atoms with Crippen molar-refractivity contribution in [2.45, 2.75) is 55.2 Å². The number of aliphatic hydroxyl groups is 6. The van der Waals surface area contributed by atoms with Crippen LogP contribution in [-0.4, -0.2) is 102 Å². The Morgan fingerprint density at radius 3 is 2.28 bits per heavy atom. The number of nitrogens with zero attached hydrogens (tertiary/aromatic N) is 1. The molecule has 3 heterocycles. The van der Waals surface area contributed by atoms with Crippen LogP contribution in [0.3, 0.4) is 0 Å². The van der Waals surface area contributed by atoms with Crippen LogP contribution in [0.1, 0.15) is 6.23 Å².